The van der Waals surface area contributed by atoms with Crippen LogP contribution < -0.4 is 5.32 Å². The normalized spacial score (nSPS) is 22.0. The molecule has 2 aromatic rings. The molecule has 2 aromatic carbocycles. The lowest BCUT2D eigenvalue weighted by molar-refractivity contribution is 0.293. The molecule has 0 amide bonds. The van der Waals surface area contributed by atoms with Crippen molar-refractivity contribution in [1.82, 2.24) is 0 Å². The molecule has 0 aliphatic heterocycles. The Morgan fingerprint density at radius 3 is 2.52 bits per heavy atom. The first-order valence-corrected chi connectivity index (χ1v) is 8.21. The topological polar surface area (TPSA) is 12.0 Å². The molecule has 1 nitrogen and oxygen atoms in total. The van der Waals surface area contributed by atoms with E-state index in [1.165, 1.54) is 42.5 Å². The van der Waals surface area contributed by atoms with Crippen LogP contribution in [0.5, 0.6) is 0 Å². The molecular formula is C20H25N. The van der Waals surface area contributed by atoms with Crippen molar-refractivity contribution in [3.05, 3.63) is 54.6 Å². The van der Waals surface area contributed by atoms with Crippen molar-refractivity contribution >= 4 is 5.69 Å². The van der Waals surface area contributed by atoms with Gasteiger partial charge in [-0.1, -0.05) is 68.3 Å². The minimum Gasteiger partial charge on any atom is -0.384 e. The first-order chi connectivity index (χ1) is 10.3. The molecule has 0 bridgehead atoms. The predicted molar refractivity (Wildman–Crippen MR) is 91.5 cm³/mol. The van der Waals surface area contributed by atoms with Gasteiger partial charge in [-0.25, -0.2) is 0 Å². The summed E-state index contributed by atoms with van der Waals surface area (Å²) in [4.78, 5) is 0. The van der Waals surface area contributed by atoms with Gasteiger partial charge in [0.05, 0.1) is 0 Å². The monoisotopic (exact) mass is 279 g/mol. The smallest absolute Gasteiger partial charge is 0.0419 e. The number of benzene rings is 2. The molecule has 2 unspecified atom stereocenters. The highest BCUT2D eigenvalue weighted by Crippen LogP contribution is 2.31. The largest absolute Gasteiger partial charge is 0.384 e. The summed E-state index contributed by atoms with van der Waals surface area (Å²) in [7, 11) is 0. The third kappa shape index (κ3) is 3.66. The fraction of sp³-hybridized carbons (Fsp3) is 0.400. The fourth-order valence-electron chi connectivity index (χ4n) is 3.51. The SMILES string of the molecule is CC1CCCC(CNc2ccccc2-c2ccccc2)C1. The number of hydrogen-bond donors (Lipinski definition) is 1. The van der Waals surface area contributed by atoms with Gasteiger partial charge in [-0.2, -0.15) is 0 Å². The third-order valence-electron chi connectivity index (χ3n) is 4.64. The summed E-state index contributed by atoms with van der Waals surface area (Å²) < 4.78 is 0. The quantitative estimate of drug-likeness (QED) is 0.769. The zero-order valence-electron chi connectivity index (χ0n) is 12.9. The molecule has 0 radical (unpaired) electrons. The van der Waals surface area contributed by atoms with Crippen LogP contribution in [-0.2, 0) is 0 Å². The second-order valence-electron chi connectivity index (χ2n) is 6.43. The highest BCUT2D eigenvalue weighted by atomic mass is 14.9. The Hall–Kier alpha value is -1.76. The van der Waals surface area contributed by atoms with Gasteiger partial charge in [0.25, 0.3) is 0 Å². The van der Waals surface area contributed by atoms with E-state index >= 15 is 0 Å². The van der Waals surface area contributed by atoms with Gasteiger partial charge < -0.3 is 5.32 Å². The van der Waals surface area contributed by atoms with Gasteiger partial charge in [0.2, 0.25) is 0 Å². The summed E-state index contributed by atoms with van der Waals surface area (Å²) in [6, 6.07) is 19.3. The Balaban J connectivity index is 1.71. The second kappa shape index (κ2) is 6.80. The van der Waals surface area contributed by atoms with Crippen LogP contribution in [0.15, 0.2) is 54.6 Å². The van der Waals surface area contributed by atoms with Crippen molar-refractivity contribution in [3.63, 3.8) is 0 Å². The van der Waals surface area contributed by atoms with Crippen LogP contribution in [0.25, 0.3) is 11.1 Å². The van der Waals surface area contributed by atoms with E-state index in [4.69, 9.17) is 0 Å². The summed E-state index contributed by atoms with van der Waals surface area (Å²) in [5.41, 5.74) is 3.86. The summed E-state index contributed by atoms with van der Waals surface area (Å²) in [6.07, 6.45) is 5.57. The molecule has 1 heteroatoms. The molecule has 1 aliphatic carbocycles. The van der Waals surface area contributed by atoms with Crippen LogP contribution in [0.4, 0.5) is 5.69 Å². The molecule has 3 rings (SSSR count). The van der Waals surface area contributed by atoms with Crippen LogP contribution in [0, 0.1) is 11.8 Å². The molecule has 1 N–H and O–H groups in total. The maximum Gasteiger partial charge on any atom is 0.0419 e. The lowest BCUT2D eigenvalue weighted by Gasteiger charge is -2.27. The zero-order chi connectivity index (χ0) is 14.5. The van der Waals surface area contributed by atoms with Gasteiger partial charge in [-0.15, -0.1) is 0 Å². The molecule has 0 saturated heterocycles. The molecule has 1 saturated carbocycles. The predicted octanol–water partition coefficient (Wildman–Crippen LogP) is 5.59. The van der Waals surface area contributed by atoms with Crippen molar-refractivity contribution in [2.75, 3.05) is 11.9 Å². The van der Waals surface area contributed by atoms with Crippen LogP contribution in [0.1, 0.15) is 32.6 Å². The molecular weight excluding hydrogens is 254 g/mol. The molecule has 110 valence electrons. The maximum absolute atomic E-state index is 3.70. The van der Waals surface area contributed by atoms with E-state index in [0.29, 0.717) is 0 Å². The van der Waals surface area contributed by atoms with Gasteiger partial charge in [-0.05, 0) is 36.3 Å². The van der Waals surface area contributed by atoms with Crippen LogP contribution in [0.2, 0.25) is 0 Å². The van der Waals surface area contributed by atoms with Crippen molar-refractivity contribution in [2.45, 2.75) is 32.6 Å². The second-order valence-corrected chi connectivity index (χ2v) is 6.43. The van der Waals surface area contributed by atoms with E-state index in [9.17, 15) is 0 Å². The van der Waals surface area contributed by atoms with E-state index in [2.05, 4.69) is 66.8 Å². The Morgan fingerprint density at radius 2 is 1.71 bits per heavy atom. The zero-order valence-corrected chi connectivity index (χ0v) is 12.9. The van der Waals surface area contributed by atoms with E-state index in [0.717, 1.165) is 18.4 Å². The molecule has 0 heterocycles. The van der Waals surface area contributed by atoms with Crippen molar-refractivity contribution < 1.29 is 0 Å². The van der Waals surface area contributed by atoms with Crippen LogP contribution >= 0.6 is 0 Å². The summed E-state index contributed by atoms with van der Waals surface area (Å²) in [5.74, 6) is 1.73. The Labute approximate surface area is 128 Å². The van der Waals surface area contributed by atoms with Crippen molar-refractivity contribution in [2.24, 2.45) is 11.8 Å². The average molecular weight is 279 g/mol. The standard InChI is InChI=1S/C20H25N/c1-16-8-7-9-17(14-16)15-21-20-13-6-5-12-19(20)18-10-3-2-4-11-18/h2-6,10-13,16-17,21H,7-9,14-15H2,1H3. The molecule has 2 atom stereocenters. The minimum atomic E-state index is 0.831. The molecule has 0 spiro atoms. The molecule has 1 fully saturated rings. The van der Waals surface area contributed by atoms with Crippen LogP contribution in [-0.4, -0.2) is 6.54 Å². The Bertz CT molecular complexity index is 561. The van der Waals surface area contributed by atoms with Gasteiger partial charge in [0, 0.05) is 17.8 Å². The number of anilines is 1. The van der Waals surface area contributed by atoms with E-state index in [1.54, 1.807) is 0 Å². The maximum atomic E-state index is 3.70. The number of para-hydroxylation sites is 1. The van der Waals surface area contributed by atoms with E-state index in [-0.39, 0.29) is 0 Å². The summed E-state index contributed by atoms with van der Waals surface area (Å²) in [6.45, 7) is 3.50. The highest BCUT2D eigenvalue weighted by Gasteiger charge is 2.18. The summed E-state index contributed by atoms with van der Waals surface area (Å²) >= 11 is 0. The van der Waals surface area contributed by atoms with E-state index < -0.39 is 0 Å². The highest BCUT2D eigenvalue weighted by molar-refractivity contribution is 5.77. The van der Waals surface area contributed by atoms with Crippen molar-refractivity contribution in [1.29, 1.82) is 0 Å². The number of nitrogens with one attached hydrogen (secondary N) is 1. The van der Waals surface area contributed by atoms with Gasteiger partial charge in [0.1, 0.15) is 0 Å². The van der Waals surface area contributed by atoms with E-state index in [1.807, 2.05) is 0 Å². The number of rotatable bonds is 4. The first-order valence-electron chi connectivity index (χ1n) is 8.21. The van der Waals surface area contributed by atoms with Crippen LogP contribution in [0.3, 0.4) is 0 Å². The molecule has 21 heavy (non-hydrogen) atoms. The van der Waals surface area contributed by atoms with Gasteiger partial charge in [0.15, 0.2) is 0 Å². The van der Waals surface area contributed by atoms with Gasteiger partial charge in [-0.3, -0.25) is 0 Å². The first kappa shape index (κ1) is 14.2. The number of hydrogen-bond acceptors (Lipinski definition) is 1. The Morgan fingerprint density at radius 1 is 0.952 bits per heavy atom. The minimum absolute atomic E-state index is 0.831. The Kier molecular flexibility index (Phi) is 4.59. The average Bonchev–Trinajstić information content (AvgIpc) is 2.54. The third-order valence-corrected chi connectivity index (χ3v) is 4.64. The van der Waals surface area contributed by atoms with Crippen molar-refractivity contribution in [3.8, 4) is 11.1 Å². The summed E-state index contributed by atoms with van der Waals surface area (Å²) in [5, 5.41) is 3.70. The van der Waals surface area contributed by atoms with Gasteiger partial charge >= 0.3 is 0 Å². The molecule has 1 aliphatic rings. The lowest BCUT2D eigenvalue weighted by atomic mass is 9.82. The fourth-order valence-corrected chi connectivity index (χ4v) is 3.51. The lowest BCUT2D eigenvalue weighted by Crippen LogP contribution is -2.21. The molecule has 0 aromatic heterocycles.